The SMILES string of the molecule is C[C@@H]1CCC[C@H](C)C1n1c(-c2ccoc2)nc2cc(C(=O)N[C@@H](Cc3c[nH]c4ccc(O)cc34)C(=O)O)ccc21. The summed E-state index contributed by atoms with van der Waals surface area (Å²) in [5, 5.41) is 23.2. The van der Waals surface area contributed by atoms with E-state index in [1.807, 2.05) is 12.1 Å². The van der Waals surface area contributed by atoms with Crippen LogP contribution >= 0.6 is 0 Å². The Balaban J connectivity index is 1.32. The number of aromatic hydroxyl groups is 1. The molecule has 1 saturated carbocycles. The summed E-state index contributed by atoms with van der Waals surface area (Å²) in [6.45, 7) is 4.57. The number of phenolic OH excluding ortho intramolecular Hbond substituents is 1. The number of amides is 1. The molecule has 3 aromatic heterocycles. The third-order valence-corrected chi connectivity index (χ3v) is 8.29. The maximum atomic E-state index is 13.3. The van der Waals surface area contributed by atoms with Crippen molar-refractivity contribution in [2.24, 2.45) is 11.8 Å². The minimum atomic E-state index is -1.16. The van der Waals surface area contributed by atoms with Crippen LogP contribution in [0.4, 0.5) is 0 Å². The van der Waals surface area contributed by atoms with Crippen molar-refractivity contribution < 1.29 is 24.2 Å². The summed E-state index contributed by atoms with van der Waals surface area (Å²) in [5.74, 6) is 0.197. The molecule has 9 nitrogen and oxygen atoms in total. The van der Waals surface area contributed by atoms with Gasteiger partial charge in [-0.1, -0.05) is 20.3 Å². The van der Waals surface area contributed by atoms with Crippen molar-refractivity contribution in [2.75, 3.05) is 0 Å². The van der Waals surface area contributed by atoms with Crippen LogP contribution < -0.4 is 5.32 Å². The molecule has 4 atom stereocenters. The van der Waals surface area contributed by atoms with Gasteiger partial charge in [-0.3, -0.25) is 4.79 Å². The Bertz CT molecular complexity index is 1690. The lowest BCUT2D eigenvalue weighted by atomic mass is 9.78. The lowest BCUT2D eigenvalue weighted by Gasteiger charge is -2.36. The van der Waals surface area contributed by atoms with Gasteiger partial charge in [0.15, 0.2) is 0 Å². The van der Waals surface area contributed by atoms with Gasteiger partial charge in [-0.25, -0.2) is 9.78 Å². The molecule has 40 heavy (non-hydrogen) atoms. The van der Waals surface area contributed by atoms with Gasteiger partial charge in [-0.2, -0.15) is 0 Å². The number of furan rings is 1. The van der Waals surface area contributed by atoms with Crippen LogP contribution in [0, 0.1) is 11.8 Å². The minimum Gasteiger partial charge on any atom is -0.508 e. The van der Waals surface area contributed by atoms with Crippen molar-refractivity contribution in [3.05, 3.63) is 72.3 Å². The number of carboxylic acid groups (broad SMARTS) is 1. The first-order valence-corrected chi connectivity index (χ1v) is 13.7. The predicted octanol–water partition coefficient (Wildman–Crippen LogP) is 5.91. The third-order valence-electron chi connectivity index (χ3n) is 8.29. The fraction of sp³-hybridized carbons (Fsp3) is 0.323. The maximum Gasteiger partial charge on any atom is 0.326 e. The van der Waals surface area contributed by atoms with E-state index in [4.69, 9.17) is 9.40 Å². The number of hydrogen-bond donors (Lipinski definition) is 4. The van der Waals surface area contributed by atoms with Crippen LogP contribution in [-0.4, -0.2) is 42.7 Å². The fourth-order valence-corrected chi connectivity index (χ4v) is 6.31. The van der Waals surface area contributed by atoms with E-state index in [2.05, 4.69) is 28.7 Å². The Kier molecular flexibility index (Phi) is 6.57. The van der Waals surface area contributed by atoms with Crippen molar-refractivity contribution in [1.82, 2.24) is 19.9 Å². The summed E-state index contributed by atoms with van der Waals surface area (Å²) < 4.78 is 7.67. The van der Waals surface area contributed by atoms with Gasteiger partial charge >= 0.3 is 5.97 Å². The number of fused-ring (bicyclic) bond motifs is 2. The molecule has 206 valence electrons. The van der Waals surface area contributed by atoms with Crippen LogP contribution in [0.3, 0.4) is 0 Å². The van der Waals surface area contributed by atoms with Crippen molar-refractivity contribution in [1.29, 1.82) is 0 Å². The molecule has 9 heteroatoms. The molecule has 0 spiro atoms. The van der Waals surface area contributed by atoms with Gasteiger partial charge in [0.1, 0.15) is 23.9 Å². The van der Waals surface area contributed by atoms with Crippen molar-refractivity contribution in [3.63, 3.8) is 0 Å². The highest BCUT2D eigenvalue weighted by Crippen LogP contribution is 2.42. The number of aromatic amines is 1. The number of carbonyl (C=O) groups is 2. The number of carbonyl (C=O) groups excluding carboxylic acids is 1. The van der Waals surface area contributed by atoms with Crippen LogP contribution in [0.2, 0.25) is 0 Å². The summed E-state index contributed by atoms with van der Waals surface area (Å²) in [7, 11) is 0. The number of phenols is 1. The molecular weight excluding hydrogens is 508 g/mol. The first-order valence-electron chi connectivity index (χ1n) is 13.7. The Morgan fingerprint density at radius 3 is 2.67 bits per heavy atom. The zero-order valence-corrected chi connectivity index (χ0v) is 22.4. The van der Waals surface area contributed by atoms with Gasteiger partial charge in [-0.05, 0) is 72.7 Å². The van der Waals surface area contributed by atoms with E-state index in [9.17, 15) is 19.8 Å². The van der Waals surface area contributed by atoms with E-state index in [0.717, 1.165) is 35.3 Å². The molecule has 1 aliphatic carbocycles. The van der Waals surface area contributed by atoms with Crippen LogP contribution in [0.5, 0.6) is 5.75 Å². The van der Waals surface area contributed by atoms with Crippen LogP contribution in [0.15, 0.2) is 65.6 Å². The molecule has 4 N–H and O–H groups in total. The highest BCUT2D eigenvalue weighted by atomic mass is 16.4. The van der Waals surface area contributed by atoms with Gasteiger partial charge in [0.25, 0.3) is 5.91 Å². The molecule has 5 aromatic rings. The molecule has 1 unspecified atom stereocenters. The molecule has 1 amide bonds. The monoisotopic (exact) mass is 540 g/mol. The number of H-pyrrole nitrogens is 1. The van der Waals surface area contributed by atoms with E-state index < -0.39 is 17.9 Å². The average molecular weight is 541 g/mol. The van der Waals surface area contributed by atoms with E-state index in [0.29, 0.717) is 33.9 Å². The number of rotatable bonds is 7. The number of carboxylic acids is 1. The van der Waals surface area contributed by atoms with Crippen molar-refractivity contribution >= 4 is 33.8 Å². The summed E-state index contributed by atoms with van der Waals surface area (Å²) in [4.78, 5) is 33.5. The van der Waals surface area contributed by atoms with Gasteiger partial charge < -0.3 is 29.5 Å². The quantitative estimate of drug-likeness (QED) is 0.203. The molecule has 1 fully saturated rings. The van der Waals surface area contributed by atoms with Crippen LogP contribution in [0.1, 0.15) is 55.1 Å². The van der Waals surface area contributed by atoms with Crippen LogP contribution in [-0.2, 0) is 11.2 Å². The minimum absolute atomic E-state index is 0.0590. The van der Waals surface area contributed by atoms with E-state index >= 15 is 0 Å². The Morgan fingerprint density at radius 2 is 1.95 bits per heavy atom. The van der Waals surface area contributed by atoms with Gasteiger partial charge in [-0.15, -0.1) is 0 Å². The molecule has 6 rings (SSSR count). The highest BCUT2D eigenvalue weighted by molar-refractivity contribution is 6.00. The number of imidazole rings is 1. The predicted molar refractivity (Wildman–Crippen MR) is 151 cm³/mol. The molecular formula is C31H32N4O5. The Morgan fingerprint density at radius 1 is 1.15 bits per heavy atom. The second-order valence-corrected chi connectivity index (χ2v) is 11.0. The van der Waals surface area contributed by atoms with E-state index in [1.54, 1.807) is 49.1 Å². The molecule has 3 heterocycles. The summed E-state index contributed by atoms with van der Waals surface area (Å²) in [6, 6.07) is 11.2. The standard InChI is InChI=1S/C31H32N4O5/c1-17-4-3-5-18(2)28(17)35-27-9-6-19(12-25(27)33-29(35)20-10-11-40-16-20)30(37)34-26(31(38)39)13-21-15-32-24-8-7-22(36)14-23(21)24/h6-12,14-18,26,28,32,36H,3-5,13H2,1-2H3,(H,34,37)(H,38,39)/t17-,18+,26-,28?/m0/s1. The zero-order chi connectivity index (χ0) is 28.0. The first-order chi connectivity index (χ1) is 19.3. The summed E-state index contributed by atoms with van der Waals surface area (Å²) in [6.07, 6.45) is 8.58. The zero-order valence-electron chi connectivity index (χ0n) is 22.4. The molecule has 0 radical (unpaired) electrons. The molecule has 0 saturated heterocycles. The maximum absolute atomic E-state index is 13.3. The number of benzene rings is 2. The summed E-state index contributed by atoms with van der Waals surface area (Å²) in [5.41, 5.74) is 4.29. The topological polar surface area (TPSA) is 133 Å². The van der Waals surface area contributed by atoms with Crippen LogP contribution in [0.25, 0.3) is 33.3 Å². The number of nitrogens with zero attached hydrogens (tertiary/aromatic N) is 2. The second-order valence-electron chi connectivity index (χ2n) is 11.0. The second kappa shape index (κ2) is 10.2. The molecule has 0 bridgehead atoms. The fourth-order valence-electron chi connectivity index (χ4n) is 6.31. The number of hydrogen-bond acceptors (Lipinski definition) is 5. The third kappa shape index (κ3) is 4.61. The first kappa shape index (κ1) is 25.7. The van der Waals surface area contributed by atoms with Crippen molar-refractivity contribution in [2.45, 2.75) is 51.6 Å². The number of nitrogens with one attached hydrogen (secondary N) is 2. The molecule has 2 aromatic carbocycles. The number of aromatic nitrogens is 3. The van der Waals surface area contributed by atoms with Gasteiger partial charge in [0.05, 0.1) is 22.9 Å². The Hall–Kier alpha value is -4.53. The molecule has 1 aliphatic rings. The smallest absolute Gasteiger partial charge is 0.326 e. The van der Waals surface area contributed by atoms with E-state index in [1.165, 1.54) is 6.42 Å². The summed E-state index contributed by atoms with van der Waals surface area (Å²) >= 11 is 0. The molecule has 0 aliphatic heterocycles. The van der Waals surface area contributed by atoms with Gasteiger partial charge in [0, 0.05) is 35.1 Å². The van der Waals surface area contributed by atoms with E-state index in [-0.39, 0.29) is 18.2 Å². The lowest BCUT2D eigenvalue weighted by molar-refractivity contribution is -0.139. The van der Waals surface area contributed by atoms with Gasteiger partial charge in [0.2, 0.25) is 0 Å². The average Bonchev–Trinajstić information content (AvgIpc) is 3.67. The number of aliphatic carboxylic acids is 1. The lowest BCUT2D eigenvalue weighted by Crippen LogP contribution is -2.42. The highest BCUT2D eigenvalue weighted by Gasteiger charge is 2.33. The normalized spacial score (nSPS) is 20.1. The van der Waals surface area contributed by atoms with Crippen molar-refractivity contribution in [3.8, 4) is 17.1 Å². The Labute approximate surface area is 230 Å². The largest absolute Gasteiger partial charge is 0.508 e.